The van der Waals surface area contributed by atoms with Crippen molar-refractivity contribution in [2.75, 3.05) is 13.2 Å². The molecular weight excluding hydrogens is 360 g/mol. The van der Waals surface area contributed by atoms with Gasteiger partial charge in [0, 0.05) is 31.0 Å². The molecule has 1 aromatic carbocycles. The van der Waals surface area contributed by atoms with Crippen LogP contribution in [0, 0.1) is 5.41 Å². The fraction of sp³-hybridized carbons (Fsp3) is 0.381. The average molecular weight is 385 g/mol. The van der Waals surface area contributed by atoms with Gasteiger partial charge in [-0.1, -0.05) is 18.2 Å². The number of hydrogen-bond acceptors (Lipinski definition) is 4. The van der Waals surface area contributed by atoms with E-state index in [0.717, 1.165) is 36.9 Å². The Labute approximate surface area is 165 Å². The molecule has 0 radical (unpaired) electrons. The van der Waals surface area contributed by atoms with E-state index in [-0.39, 0.29) is 30.6 Å². The fourth-order valence-corrected chi connectivity index (χ4v) is 4.28. The molecule has 1 aliphatic carbocycles. The molecule has 27 heavy (non-hydrogen) atoms. The van der Waals surface area contributed by atoms with Crippen LogP contribution in [0.3, 0.4) is 0 Å². The van der Waals surface area contributed by atoms with Crippen LogP contribution in [0.2, 0.25) is 0 Å². The number of fused-ring (bicyclic) bond motifs is 1. The molecule has 1 fully saturated rings. The van der Waals surface area contributed by atoms with Gasteiger partial charge in [-0.3, -0.25) is 14.6 Å². The van der Waals surface area contributed by atoms with Gasteiger partial charge < -0.3 is 10.0 Å². The van der Waals surface area contributed by atoms with Gasteiger partial charge in [-0.15, -0.1) is 0 Å². The molecule has 0 saturated carbocycles. The van der Waals surface area contributed by atoms with Gasteiger partial charge in [0.15, 0.2) is 5.78 Å². The molecular formula is C21H24N2O3S. The van der Waals surface area contributed by atoms with Gasteiger partial charge >= 0.3 is 0 Å². The monoisotopic (exact) mass is 384 g/mol. The van der Waals surface area contributed by atoms with E-state index in [1.807, 2.05) is 29.2 Å². The number of amides is 1. The zero-order chi connectivity index (χ0) is 18.1. The van der Waals surface area contributed by atoms with E-state index in [2.05, 4.69) is 4.98 Å². The van der Waals surface area contributed by atoms with Gasteiger partial charge in [0.1, 0.15) is 6.61 Å². The van der Waals surface area contributed by atoms with Crippen LogP contribution in [0.1, 0.15) is 39.9 Å². The Kier molecular flexibility index (Phi) is 5.67. The number of Topliss-reactive ketones (excluding diaryl/α,β-unsaturated/α-hetero) is 1. The van der Waals surface area contributed by atoms with Crippen LogP contribution in [-0.4, -0.2) is 39.8 Å². The summed E-state index contributed by atoms with van der Waals surface area (Å²) < 4.78 is 0. The Hall–Kier alpha value is -2.18. The third-order valence-electron chi connectivity index (χ3n) is 5.77. The minimum atomic E-state index is -0.484. The van der Waals surface area contributed by atoms with E-state index in [4.69, 9.17) is 5.11 Å². The number of hydrogen-bond donors (Lipinski definition) is 1. The van der Waals surface area contributed by atoms with Crippen molar-refractivity contribution in [1.82, 2.24) is 9.88 Å². The summed E-state index contributed by atoms with van der Waals surface area (Å²) in [5.41, 5.74) is 3.51. The third-order valence-corrected chi connectivity index (χ3v) is 5.77. The first-order chi connectivity index (χ1) is 12.6. The summed E-state index contributed by atoms with van der Waals surface area (Å²) in [6.07, 6.45) is 6.79. The first-order valence-corrected chi connectivity index (χ1v) is 9.05. The van der Waals surface area contributed by atoms with Gasteiger partial charge in [-0.2, -0.15) is 13.5 Å². The van der Waals surface area contributed by atoms with Crippen molar-refractivity contribution < 1.29 is 14.7 Å². The summed E-state index contributed by atoms with van der Waals surface area (Å²) in [5.74, 6) is -0.0609. The van der Waals surface area contributed by atoms with Gasteiger partial charge in [0.2, 0.25) is 5.91 Å². The molecule has 1 aromatic heterocycles. The van der Waals surface area contributed by atoms with Crippen LogP contribution < -0.4 is 0 Å². The number of benzene rings is 1. The number of nitrogens with zero attached hydrogens (tertiary/aromatic N) is 2. The van der Waals surface area contributed by atoms with E-state index in [1.54, 1.807) is 18.5 Å². The molecule has 0 bridgehead atoms. The maximum Gasteiger partial charge on any atom is 0.229 e. The summed E-state index contributed by atoms with van der Waals surface area (Å²) in [7, 11) is 0. The van der Waals surface area contributed by atoms with Crippen molar-refractivity contribution in [3.63, 3.8) is 0 Å². The Morgan fingerprint density at radius 2 is 2.07 bits per heavy atom. The summed E-state index contributed by atoms with van der Waals surface area (Å²) in [4.78, 5) is 31.0. The van der Waals surface area contributed by atoms with Crippen LogP contribution in [0.25, 0.3) is 0 Å². The Morgan fingerprint density at radius 3 is 2.81 bits per heavy atom. The average Bonchev–Trinajstić information content (AvgIpc) is 2.97. The molecule has 1 atom stereocenters. The smallest absolute Gasteiger partial charge is 0.229 e. The highest BCUT2D eigenvalue weighted by Crippen LogP contribution is 2.44. The Morgan fingerprint density at radius 1 is 1.22 bits per heavy atom. The van der Waals surface area contributed by atoms with Crippen molar-refractivity contribution in [2.45, 2.75) is 32.2 Å². The minimum absolute atomic E-state index is 0. The lowest BCUT2D eigenvalue weighted by molar-refractivity contribution is -0.137. The molecule has 0 unspecified atom stereocenters. The zero-order valence-corrected chi connectivity index (χ0v) is 16.1. The topological polar surface area (TPSA) is 70.5 Å². The molecule has 2 aliphatic rings. The second-order valence-electron chi connectivity index (χ2n) is 7.36. The maximum atomic E-state index is 13.2. The molecule has 1 N–H and O–H groups in total. The SMILES string of the molecule is O=C(CO)c1ccc2c(c1)C[C@@]1(CC2)CCN(Cc2cccnc2)C1=O.S. The van der Waals surface area contributed by atoms with Crippen molar-refractivity contribution in [3.05, 3.63) is 65.0 Å². The van der Waals surface area contributed by atoms with Gasteiger partial charge in [-0.25, -0.2) is 0 Å². The fourth-order valence-electron chi connectivity index (χ4n) is 4.28. The number of likely N-dealkylation sites (tertiary alicyclic amines) is 1. The quantitative estimate of drug-likeness (QED) is 0.821. The molecule has 1 aliphatic heterocycles. The summed E-state index contributed by atoms with van der Waals surface area (Å²) in [6.45, 7) is 0.879. The molecule has 5 nitrogen and oxygen atoms in total. The van der Waals surface area contributed by atoms with Crippen LogP contribution in [0.4, 0.5) is 0 Å². The number of aliphatic hydroxyl groups is 1. The summed E-state index contributed by atoms with van der Waals surface area (Å²) >= 11 is 0. The first-order valence-electron chi connectivity index (χ1n) is 9.05. The van der Waals surface area contributed by atoms with Gasteiger partial charge in [0.25, 0.3) is 0 Å². The molecule has 4 rings (SSSR count). The van der Waals surface area contributed by atoms with Crippen molar-refractivity contribution in [2.24, 2.45) is 5.41 Å². The van der Waals surface area contributed by atoms with Crippen molar-refractivity contribution >= 4 is 25.2 Å². The van der Waals surface area contributed by atoms with E-state index < -0.39 is 6.61 Å². The van der Waals surface area contributed by atoms with E-state index in [1.165, 1.54) is 5.56 Å². The lowest BCUT2D eigenvalue weighted by atomic mass is 9.70. The molecule has 6 heteroatoms. The van der Waals surface area contributed by atoms with Crippen molar-refractivity contribution in [3.8, 4) is 0 Å². The van der Waals surface area contributed by atoms with Crippen LogP contribution in [0.5, 0.6) is 0 Å². The number of aryl methyl sites for hydroxylation is 1. The van der Waals surface area contributed by atoms with Crippen LogP contribution in [0.15, 0.2) is 42.7 Å². The number of aliphatic hydroxyl groups excluding tert-OH is 1. The number of rotatable bonds is 4. The first kappa shape index (κ1) is 19.6. The zero-order valence-electron chi connectivity index (χ0n) is 15.1. The standard InChI is InChI=1S/C21H22N2O3.H2S/c24-14-19(25)17-4-3-16-5-6-21(11-18(16)10-17)7-9-23(20(21)26)13-15-2-1-8-22-12-15;/h1-4,8,10,12,24H,5-7,9,11,13-14H2;1H2/t21-;/m1./s1. The molecule has 1 spiro atoms. The highest BCUT2D eigenvalue weighted by molar-refractivity contribution is 7.59. The molecule has 2 aromatic rings. The summed E-state index contributed by atoms with van der Waals surface area (Å²) in [6, 6.07) is 9.50. The van der Waals surface area contributed by atoms with Gasteiger partial charge in [-0.05, 0) is 54.5 Å². The Bertz CT molecular complexity index is 856. The number of aromatic nitrogens is 1. The number of pyridine rings is 1. The highest BCUT2D eigenvalue weighted by Gasteiger charge is 2.47. The second kappa shape index (κ2) is 7.82. The number of carbonyl (C=O) groups excluding carboxylic acids is 2. The molecule has 1 saturated heterocycles. The molecule has 1 amide bonds. The Balaban J connectivity index is 0.00000210. The minimum Gasteiger partial charge on any atom is -0.388 e. The predicted molar refractivity (Wildman–Crippen MR) is 107 cm³/mol. The number of ketones is 1. The van der Waals surface area contributed by atoms with E-state index in [0.29, 0.717) is 18.5 Å². The third kappa shape index (κ3) is 3.64. The van der Waals surface area contributed by atoms with E-state index in [9.17, 15) is 9.59 Å². The van der Waals surface area contributed by atoms with Gasteiger partial charge in [0.05, 0.1) is 5.41 Å². The maximum absolute atomic E-state index is 13.2. The lowest BCUT2D eigenvalue weighted by Gasteiger charge is -2.33. The second-order valence-corrected chi connectivity index (χ2v) is 7.36. The normalized spacial score (nSPS) is 21.1. The largest absolute Gasteiger partial charge is 0.388 e. The summed E-state index contributed by atoms with van der Waals surface area (Å²) in [5, 5.41) is 9.10. The van der Waals surface area contributed by atoms with E-state index >= 15 is 0 Å². The van der Waals surface area contributed by atoms with Crippen molar-refractivity contribution in [1.29, 1.82) is 0 Å². The predicted octanol–water partition coefficient (Wildman–Crippen LogP) is 2.28. The highest BCUT2D eigenvalue weighted by atomic mass is 32.1. The lowest BCUT2D eigenvalue weighted by Crippen LogP contribution is -2.38. The number of carbonyl (C=O) groups is 2. The van der Waals surface area contributed by atoms with Crippen LogP contribution >= 0.6 is 13.5 Å². The molecule has 2 heterocycles. The van der Waals surface area contributed by atoms with Crippen LogP contribution in [-0.2, 0) is 24.2 Å². The molecule has 142 valence electrons.